The highest BCUT2D eigenvalue weighted by molar-refractivity contribution is 5.81. The Morgan fingerprint density at radius 2 is 2.10 bits per heavy atom. The molecule has 7 nitrogen and oxygen atoms in total. The summed E-state index contributed by atoms with van der Waals surface area (Å²) in [7, 11) is 0. The minimum atomic E-state index is 0.197. The predicted molar refractivity (Wildman–Crippen MR) is 117 cm³/mol. The van der Waals surface area contributed by atoms with E-state index in [1.165, 1.54) is 19.3 Å². The first-order valence-corrected chi connectivity index (χ1v) is 12.1. The largest absolute Gasteiger partial charge is 0.353 e. The lowest BCUT2D eigenvalue weighted by molar-refractivity contribution is -0.133. The third-order valence-corrected chi connectivity index (χ3v) is 8.66. The summed E-state index contributed by atoms with van der Waals surface area (Å²) in [6.07, 6.45) is 8.74. The van der Waals surface area contributed by atoms with Gasteiger partial charge in [-0.05, 0) is 69.0 Å². The van der Waals surface area contributed by atoms with Crippen LogP contribution in [-0.4, -0.2) is 66.1 Å². The van der Waals surface area contributed by atoms with Gasteiger partial charge >= 0.3 is 0 Å². The number of nitrogens with zero attached hydrogens (tertiary/aromatic N) is 4. The molecule has 4 aliphatic heterocycles. The molecule has 4 saturated heterocycles. The van der Waals surface area contributed by atoms with Crippen LogP contribution in [0.15, 0.2) is 18.3 Å². The van der Waals surface area contributed by atoms with E-state index in [0.717, 1.165) is 51.3 Å². The van der Waals surface area contributed by atoms with E-state index in [2.05, 4.69) is 31.5 Å². The van der Waals surface area contributed by atoms with Crippen LogP contribution in [0.5, 0.6) is 0 Å². The van der Waals surface area contributed by atoms with Crippen LogP contribution in [-0.2, 0) is 4.79 Å². The van der Waals surface area contributed by atoms with Crippen molar-refractivity contribution in [2.24, 2.45) is 17.8 Å². The number of amides is 1. The molecular formula is C24H32N6O. The summed E-state index contributed by atoms with van der Waals surface area (Å²) < 4.78 is 0. The van der Waals surface area contributed by atoms with E-state index < -0.39 is 0 Å². The molecule has 5 heterocycles. The number of rotatable bonds is 3. The zero-order valence-corrected chi connectivity index (χ0v) is 18.0. The summed E-state index contributed by atoms with van der Waals surface area (Å²) in [5, 5.41) is 16.1. The second-order valence-corrected chi connectivity index (χ2v) is 10.4. The Hall–Kier alpha value is -2.17. The number of anilines is 1. The summed E-state index contributed by atoms with van der Waals surface area (Å²) >= 11 is 0. The average Bonchev–Trinajstić information content (AvgIpc) is 3.40. The maximum Gasteiger partial charge on any atom is 0.224 e. The number of nitriles is 1. The zero-order valence-electron chi connectivity index (χ0n) is 18.0. The van der Waals surface area contributed by atoms with Crippen LogP contribution >= 0.6 is 0 Å². The fourth-order valence-corrected chi connectivity index (χ4v) is 7.20. The minimum absolute atomic E-state index is 0.197. The van der Waals surface area contributed by atoms with Gasteiger partial charge in [0.2, 0.25) is 5.91 Å². The molecule has 2 bridgehead atoms. The van der Waals surface area contributed by atoms with Gasteiger partial charge in [0.05, 0.1) is 11.5 Å². The molecule has 5 aliphatic rings. The van der Waals surface area contributed by atoms with Gasteiger partial charge in [0.15, 0.2) is 0 Å². The van der Waals surface area contributed by atoms with Gasteiger partial charge in [-0.15, -0.1) is 0 Å². The summed E-state index contributed by atoms with van der Waals surface area (Å²) in [4.78, 5) is 22.3. The predicted octanol–water partition coefficient (Wildman–Crippen LogP) is 1.50. The third-order valence-electron chi connectivity index (χ3n) is 8.66. The van der Waals surface area contributed by atoms with E-state index in [1.54, 1.807) is 6.20 Å². The van der Waals surface area contributed by atoms with Gasteiger partial charge in [-0.2, -0.15) is 5.26 Å². The molecule has 31 heavy (non-hydrogen) atoms. The van der Waals surface area contributed by atoms with Crippen LogP contribution in [0.3, 0.4) is 0 Å². The van der Waals surface area contributed by atoms with Gasteiger partial charge in [-0.3, -0.25) is 9.69 Å². The Morgan fingerprint density at radius 1 is 1.16 bits per heavy atom. The highest BCUT2D eigenvalue weighted by Gasteiger charge is 2.48. The number of piperidine rings is 2. The third kappa shape index (κ3) is 3.41. The Balaban J connectivity index is 1.06. The fraction of sp³-hybridized carbons (Fsp3) is 0.708. The maximum absolute atomic E-state index is 12.7. The standard InChI is InChI=1S/C24H32N6O/c25-10-16-4-6-22(27-11-16)30-14-17-9-18(30)13-29(17)12-15-3-5-19-21(8-15)28-24(31)20-2-1-7-26-23(19)20/h4,6,11,15,17-21,23,26H,1-3,5,7-9,12-14H2,(H,28,31)/t15?,17-,18-,19?,20?,21?,23?/m0/s1. The van der Waals surface area contributed by atoms with Crippen LogP contribution in [0, 0.1) is 29.1 Å². The Labute approximate surface area is 184 Å². The van der Waals surface area contributed by atoms with E-state index in [9.17, 15) is 4.79 Å². The van der Waals surface area contributed by atoms with Crippen molar-refractivity contribution in [1.29, 1.82) is 5.26 Å². The number of fused-ring (bicyclic) bond motifs is 5. The average molecular weight is 421 g/mol. The van der Waals surface area contributed by atoms with Crippen molar-refractivity contribution in [1.82, 2.24) is 20.5 Å². The lowest BCUT2D eigenvalue weighted by Crippen LogP contribution is -2.64. The summed E-state index contributed by atoms with van der Waals surface area (Å²) in [5.74, 6) is 2.80. The molecule has 0 radical (unpaired) electrons. The molecule has 1 aromatic heterocycles. The van der Waals surface area contributed by atoms with Gasteiger partial charge in [0.1, 0.15) is 11.9 Å². The molecule has 5 fully saturated rings. The lowest BCUT2D eigenvalue weighted by atomic mass is 9.67. The number of hydrogen-bond acceptors (Lipinski definition) is 6. The first-order valence-electron chi connectivity index (χ1n) is 12.1. The second kappa shape index (κ2) is 7.75. The molecular weight excluding hydrogens is 388 g/mol. The number of likely N-dealkylation sites (tertiary alicyclic amines) is 1. The molecule has 6 rings (SSSR count). The van der Waals surface area contributed by atoms with Crippen molar-refractivity contribution in [2.75, 3.05) is 31.1 Å². The highest BCUT2D eigenvalue weighted by Crippen LogP contribution is 2.41. The first kappa shape index (κ1) is 19.5. The lowest BCUT2D eigenvalue weighted by Gasteiger charge is -2.50. The van der Waals surface area contributed by atoms with Crippen LogP contribution in [0.4, 0.5) is 5.82 Å². The minimum Gasteiger partial charge on any atom is -0.353 e. The number of hydrogen-bond donors (Lipinski definition) is 2. The van der Waals surface area contributed by atoms with Crippen molar-refractivity contribution in [3.8, 4) is 6.07 Å². The van der Waals surface area contributed by atoms with E-state index in [-0.39, 0.29) is 5.92 Å². The van der Waals surface area contributed by atoms with E-state index in [1.807, 2.05) is 12.1 Å². The number of nitrogens with one attached hydrogen (secondary N) is 2. The van der Waals surface area contributed by atoms with Gasteiger partial charge in [-0.1, -0.05) is 0 Å². The van der Waals surface area contributed by atoms with Gasteiger partial charge in [0.25, 0.3) is 0 Å². The van der Waals surface area contributed by atoms with Crippen LogP contribution in [0.2, 0.25) is 0 Å². The molecule has 0 spiro atoms. The topological polar surface area (TPSA) is 84.3 Å². The number of piperazine rings is 1. The molecule has 1 aromatic rings. The van der Waals surface area contributed by atoms with Crippen molar-refractivity contribution in [3.05, 3.63) is 23.9 Å². The molecule has 1 saturated carbocycles. The van der Waals surface area contributed by atoms with Gasteiger partial charge < -0.3 is 15.5 Å². The molecule has 7 atom stereocenters. The second-order valence-electron chi connectivity index (χ2n) is 10.4. The smallest absolute Gasteiger partial charge is 0.224 e. The van der Waals surface area contributed by atoms with Crippen molar-refractivity contribution >= 4 is 11.7 Å². The molecule has 1 amide bonds. The van der Waals surface area contributed by atoms with Gasteiger partial charge in [0, 0.05) is 50.0 Å². The Bertz CT molecular complexity index is 881. The number of pyridine rings is 1. The number of carbonyl (C=O) groups is 1. The number of carbonyl (C=O) groups excluding carboxylic acids is 1. The Morgan fingerprint density at radius 3 is 2.87 bits per heavy atom. The fourth-order valence-electron chi connectivity index (χ4n) is 7.20. The van der Waals surface area contributed by atoms with E-state index >= 15 is 0 Å². The number of aromatic nitrogens is 1. The Kier molecular flexibility index (Phi) is 4.88. The van der Waals surface area contributed by atoms with Crippen LogP contribution < -0.4 is 15.5 Å². The maximum atomic E-state index is 12.7. The van der Waals surface area contributed by atoms with Gasteiger partial charge in [-0.25, -0.2) is 4.98 Å². The van der Waals surface area contributed by atoms with E-state index in [4.69, 9.17) is 5.26 Å². The highest BCUT2D eigenvalue weighted by atomic mass is 16.2. The molecule has 2 N–H and O–H groups in total. The van der Waals surface area contributed by atoms with Crippen molar-refractivity contribution < 1.29 is 4.79 Å². The zero-order chi connectivity index (χ0) is 20.9. The van der Waals surface area contributed by atoms with Crippen LogP contribution in [0.25, 0.3) is 0 Å². The molecule has 0 aromatic carbocycles. The van der Waals surface area contributed by atoms with Crippen LogP contribution in [0.1, 0.15) is 44.1 Å². The molecule has 1 aliphatic carbocycles. The summed E-state index contributed by atoms with van der Waals surface area (Å²) in [6, 6.07) is 7.91. The monoisotopic (exact) mass is 420 g/mol. The quantitative estimate of drug-likeness (QED) is 0.771. The van der Waals surface area contributed by atoms with Crippen molar-refractivity contribution in [2.45, 2.75) is 62.7 Å². The molecule has 164 valence electrons. The molecule has 7 heteroatoms. The van der Waals surface area contributed by atoms with E-state index in [0.29, 0.717) is 47.5 Å². The first-order chi connectivity index (χ1) is 15.2. The normalized spacial score (nSPS) is 39.5. The van der Waals surface area contributed by atoms with Crippen molar-refractivity contribution in [3.63, 3.8) is 0 Å². The summed E-state index contributed by atoms with van der Waals surface area (Å²) in [5.41, 5.74) is 0.620. The summed E-state index contributed by atoms with van der Waals surface area (Å²) in [6.45, 7) is 4.38. The SMILES string of the molecule is N#Cc1ccc(N2C[C@@H]3C[C@H]2CN3CC2CCC3C(C2)NC(=O)C2CCCNC23)nc1. The molecule has 5 unspecified atom stereocenters.